The molecule has 0 saturated heterocycles. The summed E-state index contributed by atoms with van der Waals surface area (Å²) >= 11 is 0. The molecule has 0 aromatic heterocycles. The molecule has 0 radical (unpaired) electrons. The molecule has 0 heterocycles. The molecular formula is C25H34N2O4. The van der Waals surface area contributed by atoms with Gasteiger partial charge in [-0.1, -0.05) is 12.1 Å². The molecule has 4 aliphatic rings. The molecule has 2 amide bonds. The summed E-state index contributed by atoms with van der Waals surface area (Å²) in [6, 6.07) is 7.02. The van der Waals surface area contributed by atoms with Crippen LogP contribution in [0.1, 0.15) is 69.2 Å². The molecule has 4 fully saturated rings. The van der Waals surface area contributed by atoms with Crippen molar-refractivity contribution in [3.8, 4) is 0 Å². The minimum atomic E-state index is -0.431. The van der Waals surface area contributed by atoms with E-state index in [-0.39, 0.29) is 30.3 Å². The van der Waals surface area contributed by atoms with E-state index in [1.807, 2.05) is 13.0 Å². The van der Waals surface area contributed by atoms with E-state index in [4.69, 9.17) is 4.74 Å². The molecule has 4 saturated carbocycles. The van der Waals surface area contributed by atoms with Crippen molar-refractivity contribution in [2.24, 2.45) is 23.2 Å². The second-order valence-electron chi connectivity index (χ2n) is 9.58. The van der Waals surface area contributed by atoms with Gasteiger partial charge in [-0.25, -0.2) is 4.79 Å². The van der Waals surface area contributed by atoms with Crippen LogP contribution in [0.15, 0.2) is 24.3 Å². The second-order valence-corrected chi connectivity index (χ2v) is 9.58. The number of rotatable bonds is 8. The van der Waals surface area contributed by atoms with Gasteiger partial charge in [0.05, 0.1) is 17.9 Å². The third-order valence-electron chi connectivity index (χ3n) is 7.45. The maximum absolute atomic E-state index is 13.1. The number of hydrogen-bond donors (Lipinski definition) is 1. The summed E-state index contributed by atoms with van der Waals surface area (Å²) in [7, 11) is 0. The molecule has 168 valence electrons. The molecule has 0 aliphatic heterocycles. The lowest BCUT2D eigenvalue weighted by Gasteiger charge is -2.55. The fraction of sp³-hybridized carbons (Fsp3) is 0.640. The Hall–Kier alpha value is -2.37. The van der Waals surface area contributed by atoms with Gasteiger partial charge in [0.15, 0.2) is 0 Å². The first kappa shape index (κ1) is 21.8. The molecule has 1 aromatic rings. The van der Waals surface area contributed by atoms with Gasteiger partial charge in [0.1, 0.15) is 0 Å². The van der Waals surface area contributed by atoms with E-state index in [0.717, 1.165) is 19.3 Å². The van der Waals surface area contributed by atoms with Gasteiger partial charge >= 0.3 is 5.97 Å². The van der Waals surface area contributed by atoms with Gasteiger partial charge in [0.25, 0.3) is 0 Å². The van der Waals surface area contributed by atoms with Crippen molar-refractivity contribution in [3.63, 3.8) is 0 Å². The highest BCUT2D eigenvalue weighted by Gasteiger charge is 2.54. The maximum atomic E-state index is 13.1. The minimum Gasteiger partial charge on any atom is -0.462 e. The molecule has 31 heavy (non-hydrogen) atoms. The third kappa shape index (κ3) is 4.35. The number of benzene rings is 1. The summed E-state index contributed by atoms with van der Waals surface area (Å²) in [5, 5.41) is 3.08. The number of ether oxygens (including phenoxy) is 1. The average Bonchev–Trinajstić information content (AvgIpc) is 2.74. The quantitative estimate of drug-likeness (QED) is 0.639. The average molecular weight is 427 g/mol. The van der Waals surface area contributed by atoms with E-state index in [0.29, 0.717) is 42.1 Å². The normalized spacial score (nSPS) is 28.3. The molecule has 6 heteroatoms. The SMILES string of the molecule is CCOC(=O)c1ccccc1N(CC)C(=O)CCNC(=O)C12CC3CC(CC(C3)C1)C2. The van der Waals surface area contributed by atoms with Crippen LogP contribution in [0.2, 0.25) is 0 Å². The van der Waals surface area contributed by atoms with Gasteiger partial charge in [-0.15, -0.1) is 0 Å². The summed E-state index contributed by atoms with van der Waals surface area (Å²) in [6.07, 6.45) is 7.18. The zero-order chi connectivity index (χ0) is 22.0. The van der Waals surface area contributed by atoms with E-state index in [1.54, 1.807) is 30.0 Å². The number of carbonyl (C=O) groups excluding carboxylic acids is 3. The van der Waals surface area contributed by atoms with E-state index >= 15 is 0 Å². The van der Waals surface area contributed by atoms with Crippen LogP contribution < -0.4 is 10.2 Å². The zero-order valence-electron chi connectivity index (χ0n) is 18.7. The Bertz CT molecular complexity index is 814. The Morgan fingerprint density at radius 3 is 2.23 bits per heavy atom. The molecule has 6 nitrogen and oxygen atoms in total. The highest BCUT2D eigenvalue weighted by molar-refractivity contribution is 6.02. The standard InChI is InChI=1S/C25H34N2O4/c1-3-27(21-8-6-5-7-20(21)23(29)31-4-2)22(28)9-10-26-24(30)25-14-17-11-18(15-25)13-19(12-17)16-25/h5-8,17-19H,3-4,9-16H2,1-2H3,(H,26,30). The Morgan fingerprint density at radius 2 is 1.65 bits per heavy atom. The number of amides is 2. The highest BCUT2D eigenvalue weighted by atomic mass is 16.5. The van der Waals surface area contributed by atoms with Crippen LogP contribution in [-0.4, -0.2) is 37.5 Å². The number of para-hydroxylation sites is 1. The van der Waals surface area contributed by atoms with Gasteiger partial charge in [0, 0.05) is 24.9 Å². The lowest BCUT2D eigenvalue weighted by atomic mass is 9.49. The highest BCUT2D eigenvalue weighted by Crippen LogP contribution is 2.60. The topological polar surface area (TPSA) is 75.7 Å². The molecule has 5 rings (SSSR count). The lowest BCUT2D eigenvalue weighted by molar-refractivity contribution is -0.146. The number of carbonyl (C=O) groups is 3. The Morgan fingerprint density at radius 1 is 1.03 bits per heavy atom. The monoisotopic (exact) mass is 426 g/mol. The van der Waals surface area contributed by atoms with Crippen LogP contribution in [0.3, 0.4) is 0 Å². The van der Waals surface area contributed by atoms with Crippen molar-refractivity contribution in [2.45, 2.75) is 58.8 Å². The maximum Gasteiger partial charge on any atom is 0.340 e. The fourth-order valence-corrected chi connectivity index (χ4v) is 6.57. The van der Waals surface area contributed by atoms with Crippen LogP contribution in [-0.2, 0) is 14.3 Å². The van der Waals surface area contributed by atoms with Gasteiger partial charge < -0.3 is 15.0 Å². The van der Waals surface area contributed by atoms with Gasteiger partial charge in [-0.05, 0) is 82.3 Å². The summed E-state index contributed by atoms with van der Waals surface area (Å²) in [4.78, 5) is 40.0. The summed E-state index contributed by atoms with van der Waals surface area (Å²) in [5.41, 5.74) is 0.747. The van der Waals surface area contributed by atoms with E-state index in [2.05, 4.69) is 5.32 Å². The van der Waals surface area contributed by atoms with Crippen LogP contribution >= 0.6 is 0 Å². The first-order chi connectivity index (χ1) is 15.0. The fourth-order valence-electron chi connectivity index (χ4n) is 6.57. The first-order valence-corrected chi connectivity index (χ1v) is 11.8. The van der Waals surface area contributed by atoms with Crippen molar-refractivity contribution in [2.75, 3.05) is 24.6 Å². The number of anilines is 1. The summed E-state index contributed by atoms with van der Waals surface area (Å²) in [5.74, 6) is 1.76. The Labute approximate surface area is 184 Å². The number of hydrogen-bond acceptors (Lipinski definition) is 4. The van der Waals surface area contributed by atoms with E-state index in [1.165, 1.54) is 19.3 Å². The van der Waals surface area contributed by atoms with E-state index < -0.39 is 5.97 Å². The minimum absolute atomic E-state index is 0.106. The van der Waals surface area contributed by atoms with E-state index in [9.17, 15) is 14.4 Å². The van der Waals surface area contributed by atoms with Crippen molar-refractivity contribution in [1.29, 1.82) is 0 Å². The molecule has 1 aromatic carbocycles. The molecule has 0 spiro atoms. The molecule has 4 bridgehead atoms. The molecule has 1 N–H and O–H groups in total. The molecule has 4 aliphatic carbocycles. The lowest BCUT2D eigenvalue weighted by Crippen LogP contribution is -2.53. The van der Waals surface area contributed by atoms with Gasteiger partial charge in [0.2, 0.25) is 11.8 Å². The van der Waals surface area contributed by atoms with Gasteiger partial charge in [-0.3, -0.25) is 9.59 Å². The second kappa shape index (κ2) is 9.01. The molecule has 0 unspecified atom stereocenters. The van der Waals surface area contributed by atoms with Gasteiger partial charge in [-0.2, -0.15) is 0 Å². The largest absolute Gasteiger partial charge is 0.462 e. The van der Waals surface area contributed by atoms with Crippen LogP contribution in [0.5, 0.6) is 0 Å². The predicted octanol–water partition coefficient (Wildman–Crippen LogP) is 3.94. The van der Waals surface area contributed by atoms with Crippen molar-refractivity contribution in [3.05, 3.63) is 29.8 Å². The third-order valence-corrected chi connectivity index (χ3v) is 7.45. The van der Waals surface area contributed by atoms with Crippen molar-refractivity contribution < 1.29 is 19.1 Å². The van der Waals surface area contributed by atoms with Crippen molar-refractivity contribution in [1.82, 2.24) is 5.32 Å². The zero-order valence-corrected chi connectivity index (χ0v) is 18.7. The molecule has 0 atom stereocenters. The smallest absolute Gasteiger partial charge is 0.340 e. The van der Waals surface area contributed by atoms with Crippen LogP contribution in [0.25, 0.3) is 0 Å². The number of esters is 1. The Kier molecular flexibility index (Phi) is 6.35. The number of nitrogens with one attached hydrogen (secondary N) is 1. The first-order valence-electron chi connectivity index (χ1n) is 11.8. The van der Waals surface area contributed by atoms with Crippen LogP contribution in [0, 0.1) is 23.2 Å². The van der Waals surface area contributed by atoms with Crippen LogP contribution in [0.4, 0.5) is 5.69 Å². The number of nitrogens with zero attached hydrogens (tertiary/aromatic N) is 1. The summed E-state index contributed by atoms with van der Waals surface area (Å²) in [6.45, 7) is 4.70. The predicted molar refractivity (Wildman–Crippen MR) is 119 cm³/mol. The summed E-state index contributed by atoms with van der Waals surface area (Å²) < 4.78 is 5.14. The van der Waals surface area contributed by atoms with Crippen molar-refractivity contribution >= 4 is 23.5 Å². The Balaban J connectivity index is 1.36. The molecular weight excluding hydrogens is 392 g/mol.